The Hall–Kier alpha value is -2.82. The molecule has 2 aromatic heterocycles. The Labute approximate surface area is 163 Å². The Morgan fingerprint density at radius 2 is 2.00 bits per heavy atom. The molecule has 28 heavy (non-hydrogen) atoms. The summed E-state index contributed by atoms with van der Waals surface area (Å²) in [6.07, 6.45) is 6.97. The summed E-state index contributed by atoms with van der Waals surface area (Å²) in [6, 6.07) is 3.61. The minimum atomic E-state index is -0.400. The third kappa shape index (κ3) is 4.35. The van der Waals surface area contributed by atoms with Crippen molar-refractivity contribution < 1.29 is 9.13 Å². The van der Waals surface area contributed by atoms with E-state index in [1.54, 1.807) is 13.0 Å². The zero-order valence-corrected chi connectivity index (χ0v) is 15.9. The molecule has 0 amide bonds. The van der Waals surface area contributed by atoms with E-state index in [0.29, 0.717) is 35.9 Å². The third-order valence-electron chi connectivity index (χ3n) is 5.68. The fourth-order valence-electron chi connectivity index (χ4n) is 4.16. The first-order chi connectivity index (χ1) is 13.6. The average molecular weight is 382 g/mol. The number of aryl methyl sites for hydroxylation is 1. The molecule has 0 spiro atoms. The van der Waals surface area contributed by atoms with E-state index in [9.17, 15) is 4.39 Å². The minimum Gasteiger partial charge on any atom is -0.478 e. The second kappa shape index (κ2) is 8.05. The summed E-state index contributed by atoms with van der Waals surface area (Å²) in [5, 5.41) is 8.97. The van der Waals surface area contributed by atoms with Crippen LogP contribution in [0, 0.1) is 41.8 Å². The van der Waals surface area contributed by atoms with Gasteiger partial charge in [0.25, 0.3) is 0 Å². The lowest BCUT2D eigenvalue weighted by atomic mass is 9.90. The molecule has 4 rings (SSSR count). The van der Waals surface area contributed by atoms with Gasteiger partial charge in [0.2, 0.25) is 11.8 Å². The van der Waals surface area contributed by atoms with Crippen LogP contribution in [0.4, 0.5) is 10.3 Å². The molecule has 7 nitrogen and oxygen atoms in total. The van der Waals surface area contributed by atoms with Crippen LogP contribution in [-0.2, 0) is 0 Å². The zero-order chi connectivity index (χ0) is 19.5. The van der Waals surface area contributed by atoms with E-state index in [1.165, 1.54) is 18.8 Å². The number of anilines is 1. The largest absolute Gasteiger partial charge is 0.478 e. The summed E-state index contributed by atoms with van der Waals surface area (Å²) in [7, 11) is 0. The number of aromatic nitrogens is 4. The third-order valence-corrected chi connectivity index (χ3v) is 5.68. The van der Waals surface area contributed by atoms with Crippen LogP contribution in [0.5, 0.6) is 5.88 Å². The van der Waals surface area contributed by atoms with Gasteiger partial charge in [0.05, 0.1) is 19.0 Å². The molecule has 1 saturated heterocycles. The number of piperidine rings is 1. The maximum Gasteiger partial charge on any atom is 0.225 e. The molecule has 1 aliphatic carbocycles. The lowest BCUT2D eigenvalue weighted by Gasteiger charge is -2.32. The second-order valence-corrected chi connectivity index (χ2v) is 7.57. The molecule has 2 fully saturated rings. The van der Waals surface area contributed by atoms with E-state index in [4.69, 9.17) is 10.00 Å². The van der Waals surface area contributed by atoms with Gasteiger partial charge in [-0.1, -0.05) is 0 Å². The predicted octanol–water partition coefficient (Wildman–Crippen LogP) is 2.91. The van der Waals surface area contributed by atoms with Crippen molar-refractivity contribution in [1.29, 1.82) is 5.26 Å². The molecule has 0 bridgehead atoms. The molecule has 0 N–H and O–H groups in total. The molecule has 2 aromatic rings. The smallest absolute Gasteiger partial charge is 0.225 e. The molecule has 2 atom stereocenters. The van der Waals surface area contributed by atoms with Crippen LogP contribution in [0.15, 0.2) is 18.5 Å². The van der Waals surface area contributed by atoms with Crippen molar-refractivity contribution in [2.75, 3.05) is 24.6 Å². The Morgan fingerprint density at radius 1 is 1.25 bits per heavy atom. The van der Waals surface area contributed by atoms with Crippen LogP contribution >= 0.6 is 0 Å². The topological polar surface area (TPSA) is 87.8 Å². The fraction of sp³-hybridized carbons (Fsp3) is 0.550. The standard InChI is InChI=1S/C20H23FN6O/c1-13-25-17(10-22)9-19(26-13)28-7-4-15-8-18(15)14-2-5-27(6-3-14)20-23-11-16(21)12-24-20/h9,11-12,14-15,18H,2-8H2,1H3. The van der Waals surface area contributed by atoms with Gasteiger partial charge in [0.15, 0.2) is 5.82 Å². The van der Waals surface area contributed by atoms with E-state index in [2.05, 4.69) is 24.8 Å². The van der Waals surface area contributed by atoms with Crippen LogP contribution in [0.2, 0.25) is 0 Å². The molecule has 0 radical (unpaired) electrons. The first-order valence-electron chi connectivity index (χ1n) is 9.73. The first kappa shape index (κ1) is 18.5. The van der Waals surface area contributed by atoms with Crippen molar-refractivity contribution in [3.63, 3.8) is 0 Å². The monoisotopic (exact) mass is 382 g/mol. The molecular formula is C20H23FN6O. The second-order valence-electron chi connectivity index (χ2n) is 7.57. The van der Waals surface area contributed by atoms with E-state index < -0.39 is 5.82 Å². The van der Waals surface area contributed by atoms with Crippen molar-refractivity contribution in [1.82, 2.24) is 19.9 Å². The number of hydrogen-bond donors (Lipinski definition) is 0. The molecule has 2 aliphatic rings. The highest BCUT2D eigenvalue weighted by atomic mass is 19.1. The summed E-state index contributed by atoms with van der Waals surface area (Å²) in [5.41, 5.74) is 0.337. The fourth-order valence-corrected chi connectivity index (χ4v) is 4.16. The zero-order valence-electron chi connectivity index (χ0n) is 15.9. The summed E-state index contributed by atoms with van der Waals surface area (Å²) >= 11 is 0. The first-order valence-corrected chi connectivity index (χ1v) is 9.73. The Bertz CT molecular complexity index is 860. The molecule has 146 valence electrons. The van der Waals surface area contributed by atoms with Gasteiger partial charge < -0.3 is 9.64 Å². The molecule has 2 unspecified atom stereocenters. The van der Waals surface area contributed by atoms with Gasteiger partial charge in [0.1, 0.15) is 17.6 Å². The van der Waals surface area contributed by atoms with Gasteiger partial charge in [-0.3, -0.25) is 0 Å². The Balaban J connectivity index is 1.20. The van der Waals surface area contributed by atoms with Crippen LogP contribution in [-0.4, -0.2) is 39.6 Å². The molecule has 1 saturated carbocycles. The molecule has 1 aliphatic heterocycles. The van der Waals surface area contributed by atoms with Gasteiger partial charge in [-0.15, -0.1) is 0 Å². The molecule has 3 heterocycles. The average Bonchev–Trinajstić information content (AvgIpc) is 3.48. The number of rotatable bonds is 6. The van der Waals surface area contributed by atoms with Gasteiger partial charge >= 0.3 is 0 Å². The maximum absolute atomic E-state index is 13.0. The predicted molar refractivity (Wildman–Crippen MR) is 100 cm³/mol. The summed E-state index contributed by atoms with van der Waals surface area (Å²) in [4.78, 5) is 18.6. The summed E-state index contributed by atoms with van der Waals surface area (Å²) in [5.74, 6) is 3.45. The highest BCUT2D eigenvalue weighted by molar-refractivity contribution is 5.29. The van der Waals surface area contributed by atoms with Crippen molar-refractivity contribution >= 4 is 5.95 Å². The van der Waals surface area contributed by atoms with Gasteiger partial charge in [-0.2, -0.15) is 10.2 Å². The molecular weight excluding hydrogens is 359 g/mol. The minimum absolute atomic E-state index is 0.337. The Morgan fingerprint density at radius 3 is 2.71 bits per heavy atom. The van der Waals surface area contributed by atoms with E-state index in [1.807, 2.05) is 6.07 Å². The summed E-state index contributed by atoms with van der Waals surface area (Å²) in [6.45, 7) is 4.22. The number of hydrogen-bond acceptors (Lipinski definition) is 7. The normalized spacial score (nSPS) is 22.0. The van der Waals surface area contributed by atoms with Crippen molar-refractivity contribution in [3.8, 4) is 11.9 Å². The number of nitriles is 1. The van der Waals surface area contributed by atoms with E-state index in [-0.39, 0.29) is 0 Å². The molecule has 8 heteroatoms. The van der Waals surface area contributed by atoms with Crippen LogP contribution in [0.1, 0.15) is 37.2 Å². The van der Waals surface area contributed by atoms with Crippen LogP contribution in [0.3, 0.4) is 0 Å². The Kier molecular flexibility index (Phi) is 5.33. The van der Waals surface area contributed by atoms with Crippen LogP contribution in [0.25, 0.3) is 0 Å². The van der Waals surface area contributed by atoms with Crippen molar-refractivity contribution in [3.05, 3.63) is 35.8 Å². The highest BCUT2D eigenvalue weighted by Gasteiger charge is 2.43. The van der Waals surface area contributed by atoms with E-state index in [0.717, 1.165) is 44.2 Å². The maximum atomic E-state index is 13.0. The lowest BCUT2D eigenvalue weighted by molar-refractivity contribution is 0.275. The van der Waals surface area contributed by atoms with Gasteiger partial charge in [0, 0.05) is 19.2 Å². The number of nitrogens with zero attached hydrogens (tertiary/aromatic N) is 6. The van der Waals surface area contributed by atoms with Gasteiger partial charge in [-0.05, 0) is 50.4 Å². The highest BCUT2D eigenvalue weighted by Crippen LogP contribution is 2.49. The lowest BCUT2D eigenvalue weighted by Crippen LogP contribution is -2.35. The summed E-state index contributed by atoms with van der Waals surface area (Å²) < 4.78 is 18.7. The van der Waals surface area contributed by atoms with Crippen molar-refractivity contribution in [2.24, 2.45) is 17.8 Å². The molecule has 0 aromatic carbocycles. The van der Waals surface area contributed by atoms with Crippen molar-refractivity contribution in [2.45, 2.75) is 32.6 Å². The SMILES string of the molecule is Cc1nc(C#N)cc(OCCC2CC2C2CCN(c3ncc(F)cn3)CC2)n1. The van der Waals surface area contributed by atoms with Gasteiger partial charge in [-0.25, -0.2) is 19.3 Å². The van der Waals surface area contributed by atoms with E-state index >= 15 is 0 Å². The van der Waals surface area contributed by atoms with Crippen LogP contribution < -0.4 is 9.64 Å². The number of halogens is 1. The number of ether oxygens (including phenoxy) is 1. The quantitative estimate of drug-likeness (QED) is 0.759.